The summed E-state index contributed by atoms with van der Waals surface area (Å²) in [5.41, 5.74) is 0.871. The zero-order valence-electron chi connectivity index (χ0n) is 17.9. The zero-order valence-corrected chi connectivity index (χ0v) is 17.9. The highest BCUT2D eigenvalue weighted by atomic mass is 19.4. The lowest BCUT2D eigenvalue weighted by molar-refractivity contribution is -0.142. The lowest BCUT2D eigenvalue weighted by Crippen LogP contribution is -2.29. The molecule has 3 heterocycles. The Morgan fingerprint density at radius 3 is 2.59 bits per heavy atom. The van der Waals surface area contributed by atoms with Gasteiger partial charge < -0.3 is 14.4 Å². The third kappa shape index (κ3) is 4.21. The van der Waals surface area contributed by atoms with Crippen molar-refractivity contribution in [3.05, 3.63) is 53.0 Å². The van der Waals surface area contributed by atoms with Crippen molar-refractivity contribution < 1.29 is 27.4 Å². The topological polar surface area (TPSA) is 69.0 Å². The van der Waals surface area contributed by atoms with Crippen LogP contribution in [-0.4, -0.2) is 52.7 Å². The molecule has 3 aromatic rings. The number of hydrogen-bond acceptors (Lipinski definition) is 5. The van der Waals surface area contributed by atoms with Crippen LogP contribution >= 0.6 is 0 Å². The number of halogens is 3. The predicted octanol–water partition coefficient (Wildman–Crippen LogP) is 3.63. The second-order valence-corrected chi connectivity index (χ2v) is 7.81. The summed E-state index contributed by atoms with van der Waals surface area (Å²) >= 11 is 0. The Bertz CT molecular complexity index is 1160. The number of amides is 1. The van der Waals surface area contributed by atoms with E-state index in [9.17, 15) is 18.0 Å². The highest BCUT2D eigenvalue weighted by Gasteiger charge is 2.36. The molecule has 10 heteroatoms. The molecule has 1 unspecified atom stereocenters. The van der Waals surface area contributed by atoms with E-state index in [2.05, 4.69) is 10.1 Å². The summed E-state index contributed by atoms with van der Waals surface area (Å²) in [5, 5.41) is 4.19. The smallest absolute Gasteiger partial charge is 0.433 e. The van der Waals surface area contributed by atoms with E-state index in [4.69, 9.17) is 9.47 Å². The van der Waals surface area contributed by atoms with Crippen LogP contribution in [0.15, 0.2) is 30.3 Å². The van der Waals surface area contributed by atoms with Crippen LogP contribution in [0.5, 0.6) is 11.5 Å². The number of aromatic nitrogens is 3. The molecule has 0 N–H and O–H groups in total. The van der Waals surface area contributed by atoms with Gasteiger partial charge in [-0.1, -0.05) is 6.07 Å². The molecule has 1 aliphatic heterocycles. The summed E-state index contributed by atoms with van der Waals surface area (Å²) in [6, 6.07) is 7.88. The van der Waals surface area contributed by atoms with Gasteiger partial charge in [0.25, 0.3) is 0 Å². The number of benzene rings is 1. The first-order chi connectivity index (χ1) is 15.2. The lowest BCUT2D eigenvalue weighted by atomic mass is 10.1. The first kappa shape index (κ1) is 21.9. The quantitative estimate of drug-likeness (QED) is 0.596. The lowest BCUT2D eigenvalue weighted by Gasteiger charge is -2.17. The van der Waals surface area contributed by atoms with E-state index >= 15 is 0 Å². The van der Waals surface area contributed by atoms with Gasteiger partial charge >= 0.3 is 6.18 Å². The van der Waals surface area contributed by atoms with Crippen LogP contribution < -0.4 is 9.47 Å². The number of likely N-dealkylation sites (tertiary alicyclic amines) is 1. The molecule has 7 nitrogen and oxygen atoms in total. The molecule has 1 aliphatic rings. The van der Waals surface area contributed by atoms with Gasteiger partial charge in [-0.2, -0.15) is 18.3 Å². The molecule has 0 spiro atoms. The van der Waals surface area contributed by atoms with E-state index in [1.54, 1.807) is 30.2 Å². The molecule has 1 amide bonds. The first-order valence-corrected chi connectivity index (χ1v) is 10.1. The summed E-state index contributed by atoms with van der Waals surface area (Å²) in [4.78, 5) is 18.7. The van der Waals surface area contributed by atoms with Crippen molar-refractivity contribution in [3.8, 4) is 11.5 Å². The number of ether oxygens (including phenoxy) is 2. The van der Waals surface area contributed by atoms with E-state index in [1.807, 2.05) is 6.07 Å². The summed E-state index contributed by atoms with van der Waals surface area (Å²) in [6.45, 7) is 2.44. The molecule has 1 saturated heterocycles. The number of fused-ring (bicyclic) bond motifs is 1. The van der Waals surface area contributed by atoms with Crippen LogP contribution in [0.2, 0.25) is 0 Å². The Hall–Kier alpha value is -3.30. The van der Waals surface area contributed by atoms with Crippen molar-refractivity contribution in [1.29, 1.82) is 0 Å². The van der Waals surface area contributed by atoms with Gasteiger partial charge in [-0.15, -0.1) is 0 Å². The minimum absolute atomic E-state index is 0.0616. The molecule has 1 fully saturated rings. The Kier molecular flexibility index (Phi) is 5.70. The highest BCUT2D eigenvalue weighted by molar-refractivity contribution is 5.79. The van der Waals surface area contributed by atoms with Crippen LogP contribution in [-0.2, 0) is 17.4 Å². The summed E-state index contributed by atoms with van der Waals surface area (Å²) < 4.78 is 51.6. The number of hydrogen-bond donors (Lipinski definition) is 0. The maximum atomic E-state index is 13.4. The van der Waals surface area contributed by atoms with E-state index in [0.29, 0.717) is 36.7 Å². The average Bonchev–Trinajstić information content (AvgIpc) is 3.39. The molecule has 0 radical (unpaired) electrons. The SMILES string of the molecule is COc1ccc(CC(=O)N2CCC(c3cc4nc(C)cc(C(F)(F)F)n4n3)C2)cc1OC. The molecular weight excluding hydrogens is 425 g/mol. The van der Waals surface area contributed by atoms with Gasteiger partial charge in [0.2, 0.25) is 5.91 Å². The molecule has 1 atom stereocenters. The van der Waals surface area contributed by atoms with E-state index < -0.39 is 11.9 Å². The number of methoxy groups -OCH3 is 2. The van der Waals surface area contributed by atoms with Gasteiger partial charge in [0.1, 0.15) is 5.69 Å². The highest BCUT2D eigenvalue weighted by Crippen LogP contribution is 2.33. The van der Waals surface area contributed by atoms with Crippen LogP contribution in [0.1, 0.15) is 35.0 Å². The normalized spacial score (nSPS) is 16.6. The Balaban J connectivity index is 1.50. The zero-order chi connectivity index (χ0) is 23.0. The number of rotatable bonds is 5. The molecule has 32 heavy (non-hydrogen) atoms. The number of carbonyl (C=O) groups is 1. The minimum Gasteiger partial charge on any atom is -0.493 e. The predicted molar refractivity (Wildman–Crippen MR) is 110 cm³/mol. The summed E-state index contributed by atoms with van der Waals surface area (Å²) in [5.74, 6) is 0.921. The van der Waals surface area contributed by atoms with Crippen LogP contribution in [0, 0.1) is 6.92 Å². The average molecular weight is 448 g/mol. The Morgan fingerprint density at radius 2 is 1.91 bits per heavy atom. The van der Waals surface area contributed by atoms with E-state index in [0.717, 1.165) is 16.1 Å². The monoisotopic (exact) mass is 448 g/mol. The van der Waals surface area contributed by atoms with Gasteiger partial charge in [-0.3, -0.25) is 4.79 Å². The third-order valence-corrected chi connectivity index (χ3v) is 5.63. The van der Waals surface area contributed by atoms with Gasteiger partial charge in [0.15, 0.2) is 17.1 Å². The summed E-state index contributed by atoms with van der Waals surface area (Å²) in [6.07, 6.45) is -3.72. The van der Waals surface area contributed by atoms with Crippen molar-refractivity contribution in [2.24, 2.45) is 0 Å². The second-order valence-electron chi connectivity index (χ2n) is 7.81. The van der Waals surface area contributed by atoms with Crippen LogP contribution in [0.4, 0.5) is 13.2 Å². The second kappa shape index (κ2) is 8.33. The standard InChI is InChI=1S/C22H23F3N4O3/c1-13-8-19(22(23,24)25)29-20(26-13)11-16(27-29)15-6-7-28(12-15)21(30)10-14-4-5-17(31-2)18(9-14)32-3/h4-5,8-9,11,15H,6-7,10,12H2,1-3H3. The maximum absolute atomic E-state index is 13.4. The van der Waals surface area contributed by atoms with Crippen molar-refractivity contribution in [2.45, 2.75) is 31.9 Å². The number of nitrogens with zero attached hydrogens (tertiary/aromatic N) is 4. The number of carbonyl (C=O) groups excluding carboxylic acids is 1. The third-order valence-electron chi connectivity index (χ3n) is 5.63. The first-order valence-electron chi connectivity index (χ1n) is 10.1. The van der Waals surface area contributed by atoms with Crippen LogP contribution in [0.3, 0.4) is 0 Å². The molecule has 0 bridgehead atoms. The molecule has 2 aromatic heterocycles. The van der Waals surface area contributed by atoms with E-state index in [1.165, 1.54) is 14.0 Å². The van der Waals surface area contributed by atoms with Gasteiger partial charge in [0.05, 0.1) is 26.3 Å². The number of aryl methyl sites for hydroxylation is 1. The van der Waals surface area contributed by atoms with Crippen LogP contribution in [0.25, 0.3) is 5.65 Å². The fourth-order valence-corrected chi connectivity index (χ4v) is 4.02. The fourth-order valence-electron chi connectivity index (χ4n) is 4.02. The van der Waals surface area contributed by atoms with Gasteiger partial charge in [-0.05, 0) is 37.1 Å². The maximum Gasteiger partial charge on any atom is 0.433 e. The van der Waals surface area contributed by atoms with Crippen molar-refractivity contribution in [3.63, 3.8) is 0 Å². The van der Waals surface area contributed by atoms with Gasteiger partial charge in [0, 0.05) is 30.8 Å². The molecular formula is C22H23F3N4O3. The van der Waals surface area contributed by atoms with Gasteiger partial charge in [-0.25, -0.2) is 9.50 Å². The Labute approximate surface area is 182 Å². The Morgan fingerprint density at radius 1 is 1.16 bits per heavy atom. The molecule has 170 valence electrons. The van der Waals surface area contributed by atoms with E-state index in [-0.39, 0.29) is 29.6 Å². The minimum atomic E-state index is -4.54. The summed E-state index contributed by atoms with van der Waals surface area (Å²) in [7, 11) is 3.07. The fraction of sp³-hybridized carbons (Fsp3) is 0.409. The van der Waals surface area contributed by atoms with Crippen molar-refractivity contribution in [2.75, 3.05) is 27.3 Å². The molecule has 0 aliphatic carbocycles. The largest absolute Gasteiger partial charge is 0.493 e. The molecule has 1 aromatic carbocycles. The molecule has 0 saturated carbocycles. The molecule has 4 rings (SSSR count). The van der Waals surface area contributed by atoms with Crippen molar-refractivity contribution >= 4 is 11.6 Å². The number of alkyl halides is 3. The van der Waals surface area contributed by atoms with Crippen molar-refractivity contribution in [1.82, 2.24) is 19.5 Å².